The summed E-state index contributed by atoms with van der Waals surface area (Å²) in [5.74, 6) is 1.03. The van der Waals surface area contributed by atoms with Gasteiger partial charge in [0, 0.05) is 0 Å². The molecule has 2 rings (SSSR count). The van der Waals surface area contributed by atoms with Crippen molar-refractivity contribution >= 4 is 11.0 Å². The predicted octanol–water partition coefficient (Wildman–Crippen LogP) is 2.80. The Morgan fingerprint density at radius 1 is 1.19 bits per heavy atom. The number of H-pyrrole nitrogens is 1. The number of benzene rings is 1. The smallest absolute Gasteiger partial charge is 0.124 e. The fourth-order valence-corrected chi connectivity index (χ4v) is 1.73. The average Bonchev–Trinajstić information content (AvgIpc) is 2.60. The standard InChI is InChI=1S/C13H19N3/c1-8-6-11-12(7-9(8)2)15-13(14-11)10(3)16(4)5/h6-7,10H,1-5H3,(H,14,15). The molecule has 3 nitrogen and oxygen atoms in total. The summed E-state index contributed by atoms with van der Waals surface area (Å²) in [5, 5.41) is 0. The molecule has 0 aliphatic carbocycles. The summed E-state index contributed by atoms with van der Waals surface area (Å²) in [6.45, 7) is 6.40. The van der Waals surface area contributed by atoms with Gasteiger partial charge in [0.25, 0.3) is 0 Å². The highest BCUT2D eigenvalue weighted by molar-refractivity contribution is 5.77. The van der Waals surface area contributed by atoms with Crippen LogP contribution in [-0.4, -0.2) is 29.0 Å². The normalized spacial score (nSPS) is 13.6. The Morgan fingerprint density at radius 2 is 1.81 bits per heavy atom. The molecule has 86 valence electrons. The van der Waals surface area contributed by atoms with Crippen molar-refractivity contribution in [2.75, 3.05) is 14.1 Å². The van der Waals surface area contributed by atoms with Crippen molar-refractivity contribution in [2.24, 2.45) is 0 Å². The summed E-state index contributed by atoms with van der Waals surface area (Å²) in [7, 11) is 4.13. The number of imidazole rings is 1. The summed E-state index contributed by atoms with van der Waals surface area (Å²) in [6, 6.07) is 4.63. The van der Waals surface area contributed by atoms with E-state index in [9.17, 15) is 0 Å². The molecule has 1 atom stereocenters. The molecule has 0 amide bonds. The zero-order chi connectivity index (χ0) is 11.9. The molecular weight excluding hydrogens is 198 g/mol. The van der Waals surface area contributed by atoms with E-state index >= 15 is 0 Å². The molecule has 1 aromatic carbocycles. The lowest BCUT2D eigenvalue weighted by Crippen LogP contribution is -2.17. The number of aromatic amines is 1. The third kappa shape index (κ3) is 1.83. The van der Waals surface area contributed by atoms with Crippen LogP contribution in [0.25, 0.3) is 11.0 Å². The molecule has 1 heterocycles. The second-order valence-corrected chi connectivity index (χ2v) is 4.72. The maximum absolute atomic E-state index is 4.64. The van der Waals surface area contributed by atoms with Gasteiger partial charge in [0.1, 0.15) is 5.82 Å². The topological polar surface area (TPSA) is 31.9 Å². The van der Waals surface area contributed by atoms with E-state index in [4.69, 9.17) is 0 Å². The third-order valence-electron chi connectivity index (χ3n) is 3.29. The number of aromatic nitrogens is 2. The minimum absolute atomic E-state index is 0.313. The highest BCUT2D eigenvalue weighted by Gasteiger charge is 2.12. The predicted molar refractivity (Wildman–Crippen MR) is 67.7 cm³/mol. The second kappa shape index (κ2) is 3.91. The molecule has 1 aromatic heterocycles. The van der Waals surface area contributed by atoms with Crippen LogP contribution in [0.15, 0.2) is 12.1 Å². The van der Waals surface area contributed by atoms with Gasteiger partial charge in [-0.2, -0.15) is 0 Å². The number of fused-ring (bicyclic) bond motifs is 1. The summed E-state index contributed by atoms with van der Waals surface area (Å²) < 4.78 is 0. The molecule has 0 aliphatic rings. The van der Waals surface area contributed by atoms with Gasteiger partial charge >= 0.3 is 0 Å². The SMILES string of the molecule is Cc1cc2nc(C(C)N(C)C)[nH]c2cc1C. The summed E-state index contributed by atoms with van der Waals surface area (Å²) in [6.07, 6.45) is 0. The first-order valence-corrected chi connectivity index (χ1v) is 5.62. The van der Waals surface area contributed by atoms with E-state index in [0.717, 1.165) is 16.9 Å². The first kappa shape index (κ1) is 11.1. The molecule has 1 N–H and O–H groups in total. The Morgan fingerprint density at radius 3 is 2.44 bits per heavy atom. The maximum Gasteiger partial charge on any atom is 0.124 e. The molecule has 0 saturated heterocycles. The Labute approximate surface area is 96.5 Å². The van der Waals surface area contributed by atoms with Crippen LogP contribution < -0.4 is 0 Å². The Balaban J connectivity index is 2.52. The van der Waals surface area contributed by atoms with E-state index in [-0.39, 0.29) is 0 Å². The zero-order valence-corrected chi connectivity index (χ0v) is 10.6. The molecule has 0 spiro atoms. The lowest BCUT2D eigenvalue weighted by atomic mass is 10.1. The number of hydrogen-bond donors (Lipinski definition) is 1. The molecule has 16 heavy (non-hydrogen) atoms. The van der Waals surface area contributed by atoms with Crippen LogP contribution in [0.3, 0.4) is 0 Å². The number of hydrogen-bond acceptors (Lipinski definition) is 2. The van der Waals surface area contributed by atoms with Crippen LogP contribution in [0.5, 0.6) is 0 Å². The van der Waals surface area contributed by atoms with Crippen molar-refractivity contribution in [2.45, 2.75) is 26.8 Å². The third-order valence-corrected chi connectivity index (χ3v) is 3.29. The van der Waals surface area contributed by atoms with E-state index in [1.807, 2.05) is 0 Å². The van der Waals surface area contributed by atoms with E-state index in [1.165, 1.54) is 11.1 Å². The molecule has 0 radical (unpaired) electrons. The van der Waals surface area contributed by atoms with Gasteiger partial charge in [0.05, 0.1) is 17.1 Å². The fourth-order valence-electron chi connectivity index (χ4n) is 1.73. The number of aryl methyl sites for hydroxylation is 2. The van der Waals surface area contributed by atoms with Crippen LogP contribution in [-0.2, 0) is 0 Å². The van der Waals surface area contributed by atoms with Gasteiger partial charge in [-0.3, -0.25) is 4.90 Å². The largest absolute Gasteiger partial charge is 0.341 e. The molecule has 0 fully saturated rings. The van der Waals surface area contributed by atoms with E-state index in [0.29, 0.717) is 6.04 Å². The minimum atomic E-state index is 0.313. The summed E-state index contributed by atoms with van der Waals surface area (Å²) >= 11 is 0. The fraction of sp³-hybridized carbons (Fsp3) is 0.462. The zero-order valence-electron chi connectivity index (χ0n) is 10.6. The van der Waals surface area contributed by atoms with Crippen molar-refractivity contribution in [3.05, 3.63) is 29.1 Å². The van der Waals surface area contributed by atoms with Gasteiger partial charge in [-0.15, -0.1) is 0 Å². The van der Waals surface area contributed by atoms with Crippen LogP contribution in [0.4, 0.5) is 0 Å². The van der Waals surface area contributed by atoms with Gasteiger partial charge in [-0.25, -0.2) is 4.98 Å². The number of nitrogens with zero attached hydrogens (tertiary/aromatic N) is 2. The first-order chi connectivity index (χ1) is 7.49. The van der Waals surface area contributed by atoms with Gasteiger partial charge in [0.15, 0.2) is 0 Å². The van der Waals surface area contributed by atoms with Crippen molar-refractivity contribution < 1.29 is 0 Å². The van der Waals surface area contributed by atoms with Crippen LogP contribution in [0, 0.1) is 13.8 Å². The van der Waals surface area contributed by atoms with Gasteiger partial charge in [0.2, 0.25) is 0 Å². The minimum Gasteiger partial charge on any atom is -0.341 e. The highest BCUT2D eigenvalue weighted by atomic mass is 15.1. The van der Waals surface area contributed by atoms with E-state index < -0.39 is 0 Å². The quantitative estimate of drug-likeness (QED) is 0.838. The summed E-state index contributed by atoms with van der Waals surface area (Å²) in [5.41, 5.74) is 4.79. The van der Waals surface area contributed by atoms with Crippen LogP contribution >= 0.6 is 0 Å². The van der Waals surface area contributed by atoms with E-state index in [2.05, 4.69) is 61.9 Å². The first-order valence-electron chi connectivity index (χ1n) is 5.62. The molecule has 0 saturated carbocycles. The van der Waals surface area contributed by atoms with Crippen molar-refractivity contribution in [1.29, 1.82) is 0 Å². The highest BCUT2D eigenvalue weighted by Crippen LogP contribution is 2.21. The molecule has 0 aliphatic heterocycles. The molecule has 1 unspecified atom stereocenters. The van der Waals surface area contributed by atoms with Crippen LogP contribution in [0.1, 0.15) is 29.9 Å². The van der Waals surface area contributed by atoms with Crippen molar-refractivity contribution in [3.63, 3.8) is 0 Å². The van der Waals surface area contributed by atoms with E-state index in [1.54, 1.807) is 0 Å². The number of rotatable bonds is 2. The second-order valence-electron chi connectivity index (χ2n) is 4.72. The molecule has 3 heteroatoms. The monoisotopic (exact) mass is 217 g/mol. The van der Waals surface area contributed by atoms with Crippen molar-refractivity contribution in [1.82, 2.24) is 14.9 Å². The lowest BCUT2D eigenvalue weighted by Gasteiger charge is -2.16. The van der Waals surface area contributed by atoms with Gasteiger partial charge in [-0.1, -0.05) is 0 Å². The Kier molecular flexibility index (Phi) is 2.72. The maximum atomic E-state index is 4.64. The van der Waals surface area contributed by atoms with Gasteiger partial charge in [-0.05, 0) is 58.1 Å². The van der Waals surface area contributed by atoms with Crippen molar-refractivity contribution in [3.8, 4) is 0 Å². The molecule has 0 bridgehead atoms. The Bertz CT molecular complexity index is 472. The number of nitrogens with one attached hydrogen (secondary N) is 1. The molecular formula is C13H19N3. The van der Waals surface area contributed by atoms with Gasteiger partial charge < -0.3 is 4.98 Å². The lowest BCUT2D eigenvalue weighted by molar-refractivity contribution is 0.310. The molecule has 2 aromatic rings. The van der Waals surface area contributed by atoms with Crippen LogP contribution in [0.2, 0.25) is 0 Å². The average molecular weight is 217 g/mol. The summed E-state index contributed by atoms with van der Waals surface area (Å²) in [4.78, 5) is 10.2. The Hall–Kier alpha value is -1.35.